The van der Waals surface area contributed by atoms with Gasteiger partial charge in [-0.15, -0.1) is 5.43 Å². The molecule has 43 nitrogen and oxygen atoms in total. The molecule has 4 rings (SSSR count). The summed E-state index contributed by atoms with van der Waals surface area (Å²) in [5.41, 5.74) is 74.1. The number of carbonyl (C=O) groups is 12. The first-order valence-electron chi connectivity index (χ1n) is 43.8. The number of carbonyl (C=O) groups excluding carboxylic acids is 12. The molecule has 43 heteroatoms. The Bertz CT molecular complexity index is 4130. The monoisotopic (exact) mass is 1780 g/mol. The first-order chi connectivity index (χ1) is 60.9. The van der Waals surface area contributed by atoms with E-state index >= 15 is 24.0 Å². The second-order valence-electron chi connectivity index (χ2n) is 31.4. The Morgan fingerprint density at radius 2 is 0.622 bits per heavy atom. The van der Waals surface area contributed by atoms with Crippen LogP contribution in [-0.2, 0) is 76.8 Å². The zero-order chi connectivity index (χ0) is 93.6. The van der Waals surface area contributed by atoms with Gasteiger partial charge < -0.3 is 137 Å². The zero-order valence-electron chi connectivity index (χ0n) is 73.1. The largest absolute Gasteiger partial charge is 0.508 e. The Balaban J connectivity index is 1.77. The summed E-state index contributed by atoms with van der Waals surface area (Å²) >= 11 is 0. The first kappa shape index (κ1) is 107. The number of unbranched alkanes of at least 4 members (excludes halogenated alkanes) is 7. The van der Waals surface area contributed by atoms with Crippen molar-refractivity contribution in [3.05, 3.63) is 101 Å². The van der Waals surface area contributed by atoms with Gasteiger partial charge in [0.1, 0.15) is 76.8 Å². The van der Waals surface area contributed by atoms with E-state index in [9.17, 15) is 48.7 Å². The molecule has 39 N–H and O–H groups in total. The van der Waals surface area contributed by atoms with Crippen molar-refractivity contribution in [2.24, 2.45) is 78.8 Å². The SMILES string of the molecule is CC(=O)N[C@@H](CCCN=C(N)N)C(=O)N[C@@H](Cc1ccc(O)cc1)C(=O)N[C@@H](Cc1ccc(O)cc1)C(=O)N[C@@H](CCCN=C(N)N)C(=O)N[C@@H](Cc1c[nH]c2ccccc12)C(=O)N[C@@H](CCCCN)C(=O)N[C@@H](CCCCN)C(=O)N[C@@H](CCCCN)C(=O)N[C@@H](CCCCN)C(=O)N[C@@H](CCCCN)[N+](=O)N[C@@H](CCCCN)C(=O)N[C@@H](CCCCN)C(N)=O. The predicted molar refractivity (Wildman–Crippen MR) is 482 cm³/mol. The summed E-state index contributed by atoms with van der Waals surface area (Å²) in [5.74, 6) is -10.6. The third-order valence-electron chi connectivity index (χ3n) is 21.0. The van der Waals surface area contributed by atoms with E-state index in [2.05, 4.69) is 78.9 Å². The van der Waals surface area contributed by atoms with Crippen molar-refractivity contribution in [2.75, 3.05) is 58.9 Å². The molecule has 0 radical (unpaired) electrons. The summed E-state index contributed by atoms with van der Waals surface area (Å²) in [6.07, 6.45) is 5.06. The molecule has 0 bridgehead atoms. The Labute approximate surface area is 741 Å². The van der Waals surface area contributed by atoms with Crippen LogP contribution in [0.4, 0.5) is 0 Å². The normalized spacial score (nSPS) is 14.0. The number of phenols is 2. The van der Waals surface area contributed by atoms with Gasteiger partial charge in [-0.2, -0.15) is 0 Å². The van der Waals surface area contributed by atoms with Crippen molar-refractivity contribution in [1.82, 2.24) is 68.9 Å². The van der Waals surface area contributed by atoms with Crippen LogP contribution in [0.3, 0.4) is 0 Å². The van der Waals surface area contributed by atoms with Gasteiger partial charge in [-0.3, -0.25) is 72.8 Å². The number of aromatic amines is 1. The van der Waals surface area contributed by atoms with E-state index in [0.717, 1.165) is 0 Å². The second kappa shape index (κ2) is 60.7. The number of hydrazine groups is 1. The van der Waals surface area contributed by atoms with Crippen LogP contribution < -0.4 is 133 Å². The molecule has 0 aliphatic carbocycles. The van der Waals surface area contributed by atoms with Crippen LogP contribution in [0, 0.1) is 4.91 Å². The lowest BCUT2D eigenvalue weighted by Crippen LogP contribution is -2.61. The predicted octanol–water partition coefficient (Wildman–Crippen LogP) is -3.94. The molecule has 0 saturated heterocycles. The molecule has 0 aliphatic heterocycles. The standard InChI is InChI=1S/C84H140N28O15/c1-52(113)100-61(28-18-46-97-83(93)94)73(117)107-69(49-54-33-37-57(115)38-34-54)81(125)108-68(48-53-31-35-56(114)36-32-53)80(124)106-66(29-19-47-98-84(95)96)77(121)109-70(50-55-51-99-59-21-3-2-20-58(55)59)82(126)105-64(25-7-14-42-88)76(120)103-62(23-5-12-40-86)74(118)102-63(24-6-13-41-87)75(119)104-65(26-8-15-43-89)78(122)110-71(30-10-17-45-91)112(127)111-67(27-9-16-44-90)79(123)101-60(72(92)116)22-4-11-39-85/h2-3,20-21,31-38,51,60-71,99H,4-19,22-30,39-50,85-91H2,1H3,(H23-,92,93,94,95,96,97,98,100,101,102,103,104,105,106,107,108,109,110,111,113,114,115,116,117,118,119,120,121,122,123,124,125,126,127)/p+1/t60-,61-,62-,63-,64-,65-,66-,67-,68-,69-,70-,71+/m0/s1. The Hall–Kier alpha value is -11.9. The van der Waals surface area contributed by atoms with E-state index in [4.69, 9.17) is 68.8 Å². The number of primary amides is 1. The molecular formula is C84H141N28O15+. The van der Waals surface area contributed by atoms with Crippen LogP contribution in [0.15, 0.2) is 89.0 Å². The number of rotatable bonds is 67. The summed E-state index contributed by atoms with van der Waals surface area (Å²) in [7, 11) is 0. The number of hydrogen-bond donors (Lipinski definition) is 27. The van der Waals surface area contributed by atoms with Crippen molar-refractivity contribution in [3.8, 4) is 11.5 Å². The van der Waals surface area contributed by atoms with Crippen molar-refractivity contribution >= 4 is 93.7 Å². The van der Waals surface area contributed by atoms with Crippen LogP contribution in [0.2, 0.25) is 0 Å². The maximum Gasteiger partial charge on any atom is 0.308 e. The number of hydrogen-bond acceptors (Lipinski definition) is 24. The molecule has 1 heterocycles. The fourth-order valence-corrected chi connectivity index (χ4v) is 13.9. The lowest BCUT2D eigenvalue weighted by atomic mass is 10.0. The number of aromatic hydroxyl groups is 2. The lowest BCUT2D eigenvalue weighted by Gasteiger charge is -2.28. The van der Waals surface area contributed by atoms with E-state index in [0.29, 0.717) is 110 Å². The molecular weight excluding hydrogens is 1640 g/mol. The summed E-state index contributed by atoms with van der Waals surface area (Å²) in [6.45, 7) is 2.86. The van der Waals surface area contributed by atoms with E-state index in [-0.39, 0.29) is 185 Å². The number of nitrogens with one attached hydrogen (secondary N) is 13. The number of aromatic nitrogens is 1. The minimum atomic E-state index is -1.58. The van der Waals surface area contributed by atoms with Gasteiger partial charge in [0.05, 0.1) is 4.91 Å². The van der Waals surface area contributed by atoms with Crippen LogP contribution in [0.5, 0.6) is 11.5 Å². The van der Waals surface area contributed by atoms with E-state index in [1.54, 1.807) is 30.5 Å². The third kappa shape index (κ3) is 41.8. The fourth-order valence-electron chi connectivity index (χ4n) is 13.9. The van der Waals surface area contributed by atoms with Crippen molar-refractivity contribution in [2.45, 2.75) is 259 Å². The van der Waals surface area contributed by atoms with Crippen LogP contribution in [-0.4, -0.2) is 234 Å². The second-order valence-corrected chi connectivity index (χ2v) is 31.4. The molecule has 4 aromatic rings. The quantitative estimate of drug-likeness (QED) is 0.00501. The molecule has 0 unspecified atom stereocenters. The van der Waals surface area contributed by atoms with E-state index in [1.165, 1.54) is 55.5 Å². The van der Waals surface area contributed by atoms with E-state index in [1.807, 2.05) is 0 Å². The highest BCUT2D eigenvalue weighted by Crippen LogP contribution is 2.22. The molecule has 0 aliphatic rings. The van der Waals surface area contributed by atoms with Gasteiger partial charge in [-0.05, 0) is 247 Å². The molecule has 0 saturated carbocycles. The Morgan fingerprint density at radius 3 is 0.969 bits per heavy atom. The average molecular weight is 1780 g/mol. The molecule has 3 aromatic carbocycles. The minimum Gasteiger partial charge on any atom is -0.508 e. The molecule has 706 valence electrons. The number of benzene rings is 3. The number of para-hydroxylation sites is 1. The fraction of sp³-hybridized carbons (Fsp3) is 0.595. The lowest BCUT2D eigenvalue weighted by molar-refractivity contribution is -0.648. The minimum absolute atomic E-state index is 0.000377. The molecule has 0 spiro atoms. The number of guanidine groups is 2. The molecule has 127 heavy (non-hydrogen) atoms. The first-order valence-corrected chi connectivity index (χ1v) is 43.8. The summed E-state index contributed by atoms with van der Waals surface area (Å²) in [4.78, 5) is 200. The van der Waals surface area contributed by atoms with Gasteiger partial charge >= 0.3 is 6.17 Å². The smallest absolute Gasteiger partial charge is 0.308 e. The maximum atomic E-state index is 15.5. The van der Waals surface area contributed by atoms with Crippen molar-refractivity contribution < 1.29 is 72.6 Å². The Kier molecular flexibility index (Phi) is 51.3. The number of nitrogens with zero attached hydrogens (tertiary/aromatic N) is 3. The third-order valence-corrected chi connectivity index (χ3v) is 21.0. The number of nitrogens with two attached hydrogens (primary N) is 12. The number of phenolic OH excluding ortho intramolecular Hbond substituents is 2. The number of aliphatic imine (C=N–C) groups is 2. The number of amides is 12. The van der Waals surface area contributed by atoms with Crippen LogP contribution in [0.1, 0.15) is 184 Å². The molecule has 0 fully saturated rings. The van der Waals surface area contributed by atoms with Gasteiger partial charge in [-0.25, -0.2) is 0 Å². The van der Waals surface area contributed by atoms with Gasteiger partial charge in [0.25, 0.3) is 0 Å². The van der Waals surface area contributed by atoms with Crippen LogP contribution in [0.25, 0.3) is 10.9 Å². The van der Waals surface area contributed by atoms with Gasteiger partial charge in [0, 0.05) is 62.8 Å². The van der Waals surface area contributed by atoms with Crippen molar-refractivity contribution in [3.63, 3.8) is 0 Å². The van der Waals surface area contributed by atoms with Gasteiger partial charge in [-0.1, -0.05) is 42.5 Å². The summed E-state index contributed by atoms with van der Waals surface area (Å²) in [5, 5.41) is 51.4. The molecule has 12 amide bonds. The van der Waals surface area contributed by atoms with Gasteiger partial charge in [0.2, 0.25) is 70.9 Å². The summed E-state index contributed by atoms with van der Waals surface area (Å²) < 4.78 is 0. The zero-order valence-corrected chi connectivity index (χ0v) is 73.1. The van der Waals surface area contributed by atoms with E-state index < -0.39 is 144 Å². The average Bonchev–Trinajstić information content (AvgIpc) is 1.69. The maximum absolute atomic E-state index is 15.5. The highest BCUT2D eigenvalue weighted by molar-refractivity contribution is 5.99. The van der Waals surface area contributed by atoms with Crippen molar-refractivity contribution in [1.29, 1.82) is 0 Å². The molecule has 12 atom stereocenters. The number of fused-ring (bicyclic) bond motifs is 1. The molecule has 1 aromatic heterocycles. The Morgan fingerprint density at radius 1 is 0.339 bits per heavy atom. The highest BCUT2D eigenvalue weighted by Gasteiger charge is 2.40. The van der Waals surface area contributed by atoms with Gasteiger partial charge in [0.15, 0.2) is 18.0 Å². The van der Waals surface area contributed by atoms with Crippen LogP contribution >= 0.6 is 0 Å². The highest BCUT2D eigenvalue weighted by atomic mass is 16.3. The number of nitroso groups, excluding NO2 is 1. The summed E-state index contributed by atoms with van der Waals surface area (Å²) in [6, 6.07) is 3.23. The number of H-pyrrole nitrogens is 1. The topological polar surface area (TPSA) is 762 Å².